The van der Waals surface area contributed by atoms with Gasteiger partial charge < -0.3 is 10.1 Å². The van der Waals surface area contributed by atoms with Gasteiger partial charge in [0.05, 0.1) is 24.4 Å². The van der Waals surface area contributed by atoms with E-state index in [0.29, 0.717) is 35.9 Å². The van der Waals surface area contributed by atoms with E-state index in [2.05, 4.69) is 20.7 Å². The highest BCUT2D eigenvalue weighted by atomic mass is 16.5. The molecule has 2 N–H and O–H groups in total. The third-order valence-electron chi connectivity index (χ3n) is 5.23. The van der Waals surface area contributed by atoms with Crippen LogP contribution in [-0.4, -0.2) is 34.2 Å². The summed E-state index contributed by atoms with van der Waals surface area (Å²) >= 11 is 0. The van der Waals surface area contributed by atoms with E-state index in [0.717, 1.165) is 22.5 Å². The summed E-state index contributed by atoms with van der Waals surface area (Å²) in [4.78, 5) is 29.4. The molecular weight excluding hydrogens is 418 g/mol. The second-order valence-corrected chi connectivity index (χ2v) is 7.68. The van der Waals surface area contributed by atoms with Crippen molar-refractivity contribution in [3.05, 3.63) is 82.2 Å². The van der Waals surface area contributed by atoms with Crippen molar-refractivity contribution < 1.29 is 14.3 Å². The van der Waals surface area contributed by atoms with Crippen molar-refractivity contribution in [3.63, 3.8) is 0 Å². The van der Waals surface area contributed by atoms with Gasteiger partial charge in [-0.3, -0.25) is 14.8 Å². The van der Waals surface area contributed by atoms with Gasteiger partial charge in [-0.15, -0.1) is 0 Å². The van der Waals surface area contributed by atoms with E-state index in [1.54, 1.807) is 37.3 Å². The summed E-state index contributed by atoms with van der Waals surface area (Å²) in [5, 5.41) is 10.4. The van der Waals surface area contributed by atoms with Crippen molar-refractivity contribution >= 4 is 23.5 Å². The Labute approximate surface area is 193 Å². The average molecular weight is 448 g/mol. The normalized spacial score (nSPS) is 11.2. The van der Waals surface area contributed by atoms with Gasteiger partial charge in [-0.25, -0.2) is 9.79 Å². The molecule has 1 amide bonds. The molecule has 8 nitrogen and oxygen atoms in total. The zero-order valence-corrected chi connectivity index (χ0v) is 19.6. The summed E-state index contributed by atoms with van der Waals surface area (Å²) in [7, 11) is 1.89. The molecule has 0 unspecified atom stereocenters. The van der Waals surface area contributed by atoms with Crippen LogP contribution in [0.1, 0.15) is 50.2 Å². The fourth-order valence-corrected chi connectivity index (χ4v) is 3.32. The number of anilines is 1. The van der Waals surface area contributed by atoms with Crippen LogP contribution in [0.5, 0.6) is 0 Å². The fourth-order valence-electron chi connectivity index (χ4n) is 3.32. The lowest BCUT2D eigenvalue weighted by atomic mass is 10.1. The van der Waals surface area contributed by atoms with Crippen molar-refractivity contribution in [3.8, 4) is 0 Å². The lowest BCUT2D eigenvalue weighted by Crippen LogP contribution is -2.36. The van der Waals surface area contributed by atoms with Crippen LogP contribution in [0.3, 0.4) is 0 Å². The van der Waals surface area contributed by atoms with E-state index >= 15 is 0 Å². The molecule has 0 radical (unpaired) electrons. The van der Waals surface area contributed by atoms with Gasteiger partial charge in [-0.2, -0.15) is 5.10 Å². The molecule has 0 atom stereocenters. The third kappa shape index (κ3) is 6.06. The second kappa shape index (κ2) is 10.6. The summed E-state index contributed by atoms with van der Waals surface area (Å²) in [5.74, 6) is -0.353. The molecule has 3 aromatic rings. The Hall–Kier alpha value is -3.94. The number of benzene rings is 2. The van der Waals surface area contributed by atoms with Gasteiger partial charge in [-0.05, 0) is 64.1 Å². The number of esters is 1. The SMILES string of the molecule is CCOC(=O)c1ccc(NC(=NCc2c(C)nn(C)c2C)NC(=O)c2cccc(C)c2)cc1. The first kappa shape index (κ1) is 23.7. The van der Waals surface area contributed by atoms with Gasteiger partial charge in [0, 0.05) is 29.6 Å². The largest absolute Gasteiger partial charge is 0.462 e. The molecule has 8 heteroatoms. The van der Waals surface area contributed by atoms with E-state index in [1.807, 2.05) is 50.7 Å². The van der Waals surface area contributed by atoms with E-state index in [-0.39, 0.29) is 11.9 Å². The molecule has 0 fully saturated rings. The van der Waals surface area contributed by atoms with Crippen LogP contribution in [0, 0.1) is 20.8 Å². The lowest BCUT2D eigenvalue weighted by Gasteiger charge is -2.13. The number of aryl methyl sites for hydroxylation is 3. The molecule has 0 spiro atoms. The van der Waals surface area contributed by atoms with Crippen LogP contribution in [0.15, 0.2) is 53.5 Å². The smallest absolute Gasteiger partial charge is 0.338 e. The maximum Gasteiger partial charge on any atom is 0.338 e. The third-order valence-corrected chi connectivity index (χ3v) is 5.23. The second-order valence-electron chi connectivity index (χ2n) is 7.68. The standard InChI is InChI=1S/C25H29N5O3/c1-6-33-24(32)19-10-12-21(13-11-19)27-25(26-15-22-17(3)29-30(5)18(22)4)28-23(31)20-9-7-8-16(2)14-20/h7-14H,6,15H2,1-5H3,(H2,26,27,28,31). The first-order chi connectivity index (χ1) is 15.8. The number of nitrogens with zero attached hydrogens (tertiary/aromatic N) is 3. The Balaban J connectivity index is 1.84. The van der Waals surface area contributed by atoms with Gasteiger partial charge in [-0.1, -0.05) is 17.7 Å². The number of guanidine groups is 1. The number of carbonyl (C=O) groups excluding carboxylic acids is 2. The number of amides is 1. The van der Waals surface area contributed by atoms with Crippen molar-refractivity contribution in [2.45, 2.75) is 34.2 Å². The molecule has 172 valence electrons. The molecule has 0 aliphatic carbocycles. The number of rotatable bonds is 6. The van der Waals surface area contributed by atoms with Crippen LogP contribution >= 0.6 is 0 Å². The maximum absolute atomic E-state index is 12.9. The summed E-state index contributed by atoms with van der Waals surface area (Å²) in [5.41, 5.74) is 5.55. The first-order valence-electron chi connectivity index (χ1n) is 10.7. The molecule has 2 aromatic carbocycles. The number of aromatic nitrogens is 2. The van der Waals surface area contributed by atoms with Crippen molar-refractivity contribution in [2.24, 2.45) is 12.0 Å². The minimum Gasteiger partial charge on any atom is -0.462 e. The summed E-state index contributed by atoms with van der Waals surface area (Å²) in [6.45, 7) is 8.28. The molecule has 0 aliphatic rings. The number of aliphatic imine (C=N–C) groups is 1. The Kier molecular flexibility index (Phi) is 7.61. The van der Waals surface area contributed by atoms with E-state index in [1.165, 1.54) is 0 Å². The minimum atomic E-state index is -0.381. The van der Waals surface area contributed by atoms with E-state index < -0.39 is 0 Å². The van der Waals surface area contributed by atoms with Crippen LogP contribution in [0.25, 0.3) is 0 Å². The van der Waals surface area contributed by atoms with Crippen molar-refractivity contribution in [1.29, 1.82) is 0 Å². The lowest BCUT2D eigenvalue weighted by molar-refractivity contribution is 0.0526. The predicted molar refractivity (Wildman–Crippen MR) is 128 cm³/mol. The highest BCUT2D eigenvalue weighted by molar-refractivity contribution is 6.10. The van der Waals surface area contributed by atoms with Gasteiger partial charge in [0.2, 0.25) is 5.96 Å². The highest BCUT2D eigenvalue weighted by Gasteiger charge is 2.13. The van der Waals surface area contributed by atoms with Crippen molar-refractivity contribution in [1.82, 2.24) is 15.1 Å². The predicted octanol–water partition coefficient (Wildman–Crippen LogP) is 3.92. The van der Waals surface area contributed by atoms with Gasteiger partial charge >= 0.3 is 5.97 Å². The quantitative estimate of drug-likeness (QED) is 0.339. The molecule has 3 rings (SSSR count). The molecule has 0 aliphatic heterocycles. The van der Waals surface area contributed by atoms with Crippen LogP contribution in [0.2, 0.25) is 0 Å². The minimum absolute atomic E-state index is 0.271. The van der Waals surface area contributed by atoms with Gasteiger partial charge in [0.15, 0.2) is 0 Å². The number of hydrogen-bond acceptors (Lipinski definition) is 5. The van der Waals surface area contributed by atoms with Crippen molar-refractivity contribution in [2.75, 3.05) is 11.9 Å². The van der Waals surface area contributed by atoms with Crippen LogP contribution in [-0.2, 0) is 18.3 Å². The number of nitrogens with one attached hydrogen (secondary N) is 2. The maximum atomic E-state index is 12.9. The molecule has 1 aromatic heterocycles. The number of ether oxygens (including phenoxy) is 1. The summed E-state index contributed by atoms with van der Waals surface area (Å²) in [6, 6.07) is 14.1. The number of hydrogen-bond donors (Lipinski definition) is 2. The Morgan fingerprint density at radius 1 is 1.06 bits per heavy atom. The van der Waals surface area contributed by atoms with Crippen LogP contribution < -0.4 is 10.6 Å². The molecular formula is C25H29N5O3. The average Bonchev–Trinajstić information content (AvgIpc) is 3.03. The number of carbonyl (C=O) groups is 2. The molecule has 0 bridgehead atoms. The zero-order valence-electron chi connectivity index (χ0n) is 19.6. The molecule has 33 heavy (non-hydrogen) atoms. The topological polar surface area (TPSA) is 97.6 Å². The molecule has 1 heterocycles. The van der Waals surface area contributed by atoms with Gasteiger partial charge in [0.25, 0.3) is 5.91 Å². The molecule has 0 saturated carbocycles. The fraction of sp³-hybridized carbons (Fsp3) is 0.280. The summed E-state index contributed by atoms with van der Waals surface area (Å²) in [6.07, 6.45) is 0. The monoisotopic (exact) mass is 447 g/mol. The Morgan fingerprint density at radius 2 is 1.79 bits per heavy atom. The van der Waals surface area contributed by atoms with E-state index in [9.17, 15) is 9.59 Å². The zero-order chi connectivity index (χ0) is 24.0. The summed E-state index contributed by atoms with van der Waals surface area (Å²) < 4.78 is 6.84. The Bertz CT molecular complexity index is 1180. The molecule has 0 saturated heterocycles. The highest BCUT2D eigenvalue weighted by Crippen LogP contribution is 2.14. The van der Waals surface area contributed by atoms with E-state index in [4.69, 9.17) is 4.74 Å². The van der Waals surface area contributed by atoms with Gasteiger partial charge in [0.1, 0.15) is 0 Å². The Morgan fingerprint density at radius 3 is 2.39 bits per heavy atom. The first-order valence-corrected chi connectivity index (χ1v) is 10.7. The van der Waals surface area contributed by atoms with Crippen LogP contribution in [0.4, 0.5) is 5.69 Å².